The van der Waals surface area contributed by atoms with Crippen LogP contribution in [0.15, 0.2) is 0 Å². The molecular formula is C16H29N5O7. The van der Waals surface area contributed by atoms with Crippen LogP contribution in [0.1, 0.15) is 33.1 Å². The van der Waals surface area contributed by atoms with Gasteiger partial charge in [-0.25, -0.2) is 4.79 Å². The van der Waals surface area contributed by atoms with Gasteiger partial charge in [0.05, 0.1) is 13.2 Å². The third-order valence-corrected chi connectivity index (χ3v) is 3.65. The zero-order chi connectivity index (χ0) is 21.9. The minimum absolute atomic E-state index is 0.0282. The fourth-order valence-corrected chi connectivity index (χ4v) is 2.24. The smallest absolute Gasteiger partial charge is 0.326 e. The molecule has 12 nitrogen and oxygen atoms in total. The van der Waals surface area contributed by atoms with E-state index >= 15 is 0 Å². The molecule has 4 amide bonds. The van der Waals surface area contributed by atoms with Gasteiger partial charge in [-0.05, 0) is 18.8 Å². The van der Waals surface area contributed by atoms with Crippen molar-refractivity contribution in [3.8, 4) is 0 Å². The highest BCUT2D eigenvalue weighted by molar-refractivity contribution is 5.93. The van der Waals surface area contributed by atoms with E-state index in [1.165, 1.54) is 0 Å². The average Bonchev–Trinajstić information content (AvgIpc) is 2.60. The number of carboxylic acid groups (broad SMARTS) is 1. The Hall–Kier alpha value is -2.73. The van der Waals surface area contributed by atoms with Crippen LogP contribution in [-0.2, 0) is 24.0 Å². The van der Waals surface area contributed by atoms with Crippen molar-refractivity contribution in [1.82, 2.24) is 16.0 Å². The molecule has 0 aliphatic rings. The molecule has 0 aliphatic carbocycles. The molecule has 0 aromatic carbocycles. The van der Waals surface area contributed by atoms with Gasteiger partial charge >= 0.3 is 5.97 Å². The quantitative estimate of drug-likeness (QED) is 0.166. The Morgan fingerprint density at radius 3 is 1.89 bits per heavy atom. The number of carboxylic acids is 1. The third kappa shape index (κ3) is 9.83. The van der Waals surface area contributed by atoms with Crippen LogP contribution in [0.4, 0.5) is 0 Å². The summed E-state index contributed by atoms with van der Waals surface area (Å²) < 4.78 is 0. The van der Waals surface area contributed by atoms with Gasteiger partial charge < -0.3 is 37.6 Å². The lowest BCUT2D eigenvalue weighted by atomic mass is 10.0. The molecule has 3 unspecified atom stereocenters. The minimum Gasteiger partial charge on any atom is -0.480 e. The molecule has 3 atom stereocenters. The number of hydrogen-bond acceptors (Lipinski definition) is 7. The Morgan fingerprint density at radius 1 is 0.929 bits per heavy atom. The maximum atomic E-state index is 12.4. The Bertz CT molecular complexity index is 582. The number of hydrogen-bond donors (Lipinski definition) is 7. The number of aliphatic hydroxyl groups excluding tert-OH is 1. The van der Waals surface area contributed by atoms with Crippen molar-refractivity contribution in [2.75, 3.05) is 13.2 Å². The van der Waals surface area contributed by atoms with Crippen LogP contribution in [0, 0.1) is 5.92 Å². The molecule has 0 fully saturated rings. The van der Waals surface area contributed by atoms with E-state index in [-0.39, 0.29) is 31.7 Å². The largest absolute Gasteiger partial charge is 0.480 e. The second kappa shape index (κ2) is 12.6. The van der Waals surface area contributed by atoms with E-state index < -0.39 is 54.3 Å². The van der Waals surface area contributed by atoms with E-state index in [1.807, 2.05) is 13.8 Å². The number of nitrogens with one attached hydrogen (secondary N) is 3. The highest BCUT2D eigenvalue weighted by atomic mass is 16.4. The van der Waals surface area contributed by atoms with Gasteiger partial charge in [-0.2, -0.15) is 0 Å². The summed E-state index contributed by atoms with van der Waals surface area (Å²) in [7, 11) is 0. The molecule has 0 spiro atoms. The molecule has 160 valence electrons. The summed E-state index contributed by atoms with van der Waals surface area (Å²) in [6, 6.07) is -3.86. The molecule has 28 heavy (non-hydrogen) atoms. The van der Waals surface area contributed by atoms with Gasteiger partial charge in [-0.15, -0.1) is 0 Å². The molecule has 0 heterocycles. The van der Waals surface area contributed by atoms with Crippen LogP contribution >= 0.6 is 0 Å². The van der Waals surface area contributed by atoms with Crippen molar-refractivity contribution < 1.29 is 34.2 Å². The van der Waals surface area contributed by atoms with Crippen molar-refractivity contribution in [2.45, 2.75) is 51.2 Å². The van der Waals surface area contributed by atoms with Gasteiger partial charge in [0, 0.05) is 6.42 Å². The van der Waals surface area contributed by atoms with Crippen LogP contribution in [0.2, 0.25) is 0 Å². The zero-order valence-corrected chi connectivity index (χ0v) is 15.9. The first kappa shape index (κ1) is 25.3. The predicted octanol–water partition coefficient (Wildman–Crippen LogP) is -3.21. The molecule has 0 saturated carbocycles. The summed E-state index contributed by atoms with van der Waals surface area (Å²) in [5.41, 5.74) is 10.2. The van der Waals surface area contributed by atoms with Crippen LogP contribution < -0.4 is 27.4 Å². The Morgan fingerprint density at radius 2 is 1.46 bits per heavy atom. The molecule has 0 saturated heterocycles. The number of aliphatic hydroxyl groups is 1. The molecule has 9 N–H and O–H groups in total. The Balaban J connectivity index is 5.07. The molecular weight excluding hydrogens is 374 g/mol. The van der Waals surface area contributed by atoms with Crippen molar-refractivity contribution in [3.05, 3.63) is 0 Å². The number of carbonyl (C=O) groups is 5. The standard InChI is InChI=1S/C16H29N5O7/c1-8(2)5-10(19-13(24)6-17)14(25)21-11(7-22)15(26)20-9(16(27)28)3-4-12(18)23/h8-11,22H,3-7,17H2,1-2H3,(H2,18,23)(H,19,24)(H,20,26)(H,21,25)(H,27,28). The second-order valence-corrected chi connectivity index (χ2v) is 6.60. The first-order valence-electron chi connectivity index (χ1n) is 8.73. The third-order valence-electron chi connectivity index (χ3n) is 3.65. The van der Waals surface area contributed by atoms with E-state index in [9.17, 15) is 29.1 Å². The maximum absolute atomic E-state index is 12.4. The Labute approximate surface area is 162 Å². The van der Waals surface area contributed by atoms with Crippen molar-refractivity contribution >= 4 is 29.6 Å². The molecule has 0 rings (SSSR count). The summed E-state index contributed by atoms with van der Waals surface area (Å²) in [4.78, 5) is 58.1. The summed E-state index contributed by atoms with van der Waals surface area (Å²) in [5, 5.41) is 25.3. The zero-order valence-electron chi connectivity index (χ0n) is 15.9. The summed E-state index contributed by atoms with van der Waals surface area (Å²) >= 11 is 0. The molecule has 0 radical (unpaired) electrons. The van der Waals surface area contributed by atoms with E-state index in [4.69, 9.17) is 16.6 Å². The van der Waals surface area contributed by atoms with Crippen molar-refractivity contribution in [1.29, 1.82) is 0 Å². The molecule has 0 aliphatic heterocycles. The van der Waals surface area contributed by atoms with Gasteiger partial charge in [0.25, 0.3) is 0 Å². The van der Waals surface area contributed by atoms with Crippen LogP contribution in [0.5, 0.6) is 0 Å². The van der Waals surface area contributed by atoms with Gasteiger partial charge in [-0.3, -0.25) is 19.2 Å². The van der Waals surface area contributed by atoms with E-state index in [0.717, 1.165) is 0 Å². The highest BCUT2D eigenvalue weighted by Crippen LogP contribution is 2.06. The van der Waals surface area contributed by atoms with E-state index in [0.29, 0.717) is 0 Å². The van der Waals surface area contributed by atoms with E-state index in [1.54, 1.807) is 0 Å². The molecule has 12 heteroatoms. The first-order valence-corrected chi connectivity index (χ1v) is 8.73. The predicted molar refractivity (Wildman–Crippen MR) is 97.5 cm³/mol. The number of nitrogens with two attached hydrogens (primary N) is 2. The summed E-state index contributed by atoms with van der Waals surface area (Å²) in [6.45, 7) is 2.51. The normalized spacial score (nSPS) is 13.9. The lowest BCUT2D eigenvalue weighted by Gasteiger charge is -2.24. The second-order valence-electron chi connectivity index (χ2n) is 6.60. The minimum atomic E-state index is -1.45. The van der Waals surface area contributed by atoms with Crippen LogP contribution in [0.25, 0.3) is 0 Å². The fourth-order valence-electron chi connectivity index (χ4n) is 2.24. The summed E-state index contributed by atoms with van der Waals surface area (Å²) in [6.07, 6.45) is -0.256. The Kier molecular flexibility index (Phi) is 11.4. The first-order chi connectivity index (χ1) is 13.0. The number of carbonyl (C=O) groups excluding carboxylic acids is 4. The molecule has 0 aromatic heterocycles. The average molecular weight is 403 g/mol. The topological polar surface area (TPSA) is 214 Å². The lowest BCUT2D eigenvalue weighted by molar-refractivity contribution is -0.143. The fraction of sp³-hybridized carbons (Fsp3) is 0.688. The van der Waals surface area contributed by atoms with Crippen molar-refractivity contribution in [3.63, 3.8) is 0 Å². The summed E-state index contributed by atoms with van der Waals surface area (Å²) in [5.74, 6) is -4.36. The number of rotatable bonds is 13. The maximum Gasteiger partial charge on any atom is 0.326 e. The van der Waals surface area contributed by atoms with Gasteiger partial charge in [-0.1, -0.05) is 13.8 Å². The highest BCUT2D eigenvalue weighted by Gasteiger charge is 2.29. The van der Waals surface area contributed by atoms with Crippen molar-refractivity contribution in [2.24, 2.45) is 17.4 Å². The lowest BCUT2D eigenvalue weighted by Crippen LogP contribution is -2.57. The monoisotopic (exact) mass is 403 g/mol. The van der Waals surface area contributed by atoms with Gasteiger partial charge in [0.2, 0.25) is 23.6 Å². The SMILES string of the molecule is CC(C)CC(NC(=O)CN)C(=O)NC(CO)C(=O)NC(CCC(N)=O)C(=O)O. The number of primary amides is 1. The molecule has 0 aromatic rings. The van der Waals surface area contributed by atoms with Crippen LogP contribution in [-0.4, -0.2) is 71.1 Å². The van der Waals surface area contributed by atoms with E-state index in [2.05, 4.69) is 16.0 Å². The number of amides is 4. The number of aliphatic carboxylic acids is 1. The van der Waals surface area contributed by atoms with Gasteiger partial charge in [0.15, 0.2) is 0 Å². The van der Waals surface area contributed by atoms with Gasteiger partial charge in [0.1, 0.15) is 18.1 Å². The van der Waals surface area contributed by atoms with Crippen LogP contribution in [0.3, 0.4) is 0 Å². The molecule has 0 bridgehead atoms.